The predicted molar refractivity (Wildman–Crippen MR) is 78.3 cm³/mol. The third kappa shape index (κ3) is 1.99. The summed E-state index contributed by atoms with van der Waals surface area (Å²) in [4.78, 5) is 12.6. The maximum Gasteiger partial charge on any atom is 0.407 e. The highest BCUT2D eigenvalue weighted by atomic mass is 79.9. The molecule has 1 saturated heterocycles. The van der Waals surface area contributed by atoms with Crippen molar-refractivity contribution in [2.24, 2.45) is 0 Å². The topological polar surface area (TPSA) is 52.6 Å². The lowest BCUT2D eigenvalue weighted by molar-refractivity contribution is 0.129. The van der Waals surface area contributed by atoms with E-state index in [-0.39, 0.29) is 12.0 Å². The minimum atomic E-state index is -0.852. The zero-order valence-electron chi connectivity index (χ0n) is 10.4. The summed E-state index contributed by atoms with van der Waals surface area (Å²) in [5.74, 6) is 0.142. The van der Waals surface area contributed by atoms with Crippen molar-refractivity contribution in [3.05, 3.63) is 26.7 Å². The third-order valence-electron chi connectivity index (χ3n) is 4.04. The van der Waals surface area contributed by atoms with Crippen LogP contribution in [-0.4, -0.2) is 35.2 Å². The molecule has 2 atom stereocenters. The molecule has 0 aromatic heterocycles. The maximum atomic E-state index is 11.1. The highest BCUT2D eigenvalue weighted by Crippen LogP contribution is 2.47. The number of amides is 1. The van der Waals surface area contributed by atoms with Crippen LogP contribution in [-0.2, 0) is 0 Å². The van der Waals surface area contributed by atoms with Crippen LogP contribution in [0.1, 0.15) is 23.5 Å². The lowest BCUT2D eigenvalue weighted by atomic mass is 9.89. The summed E-state index contributed by atoms with van der Waals surface area (Å²) < 4.78 is 0.875. The van der Waals surface area contributed by atoms with Crippen molar-refractivity contribution in [1.82, 2.24) is 4.90 Å². The van der Waals surface area contributed by atoms with Gasteiger partial charge in [0.05, 0.1) is 5.02 Å². The SMILES string of the molecule is Cc1cc(Br)c(Cl)c2c1N[C@@H]1CCN(C(=O)O)C[C@H]21. The molecule has 19 heavy (non-hydrogen) atoms. The van der Waals surface area contributed by atoms with Gasteiger partial charge in [0.15, 0.2) is 0 Å². The first kappa shape index (κ1) is 13.1. The molecular formula is C13H14BrClN2O2. The van der Waals surface area contributed by atoms with Crippen LogP contribution < -0.4 is 5.32 Å². The number of benzene rings is 1. The van der Waals surface area contributed by atoms with Crippen LogP contribution in [0, 0.1) is 6.92 Å². The van der Waals surface area contributed by atoms with Crippen LogP contribution in [0.4, 0.5) is 10.5 Å². The summed E-state index contributed by atoms with van der Waals surface area (Å²) in [6.45, 7) is 3.13. The van der Waals surface area contributed by atoms with Crippen molar-refractivity contribution in [2.45, 2.75) is 25.3 Å². The molecule has 102 valence electrons. The summed E-state index contributed by atoms with van der Waals surface area (Å²) in [6.07, 6.45) is -0.0336. The first-order valence-corrected chi connectivity index (χ1v) is 7.39. The van der Waals surface area contributed by atoms with Gasteiger partial charge in [0.2, 0.25) is 0 Å². The smallest absolute Gasteiger partial charge is 0.407 e. The van der Waals surface area contributed by atoms with Crippen LogP contribution in [0.15, 0.2) is 10.5 Å². The molecule has 0 unspecified atom stereocenters. The van der Waals surface area contributed by atoms with Crippen molar-refractivity contribution in [2.75, 3.05) is 18.4 Å². The molecule has 2 aliphatic heterocycles. The second kappa shape index (κ2) is 4.56. The van der Waals surface area contributed by atoms with Gasteiger partial charge >= 0.3 is 6.09 Å². The molecule has 1 amide bonds. The zero-order valence-corrected chi connectivity index (χ0v) is 12.8. The van der Waals surface area contributed by atoms with Gasteiger partial charge in [-0.05, 0) is 40.9 Å². The number of nitrogens with zero attached hydrogens (tertiary/aromatic N) is 1. The average molecular weight is 346 g/mol. The molecule has 0 bridgehead atoms. The highest BCUT2D eigenvalue weighted by Gasteiger charge is 2.40. The number of carbonyl (C=O) groups is 1. The van der Waals surface area contributed by atoms with E-state index in [1.54, 1.807) is 0 Å². The number of fused-ring (bicyclic) bond motifs is 3. The summed E-state index contributed by atoms with van der Waals surface area (Å²) in [6, 6.07) is 2.29. The van der Waals surface area contributed by atoms with Crippen molar-refractivity contribution in [1.29, 1.82) is 0 Å². The molecule has 0 aliphatic carbocycles. The van der Waals surface area contributed by atoms with Gasteiger partial charge in [0.25, 0.3) is 0 Å². The van der Waals surface area contributed by atoms with E-state index in [0.717, 1.165) is 27.7 Å². The maximum absolute atomic E-state index is 11.1. The molecule has 2 aliphatic rings. The largest absolute Gasteiger partial charge is 0.465 e. The van der Waals surface area contributed by atoms with Gasteiger partial charge in [-0.25, -0.2) is 4.79 Å². The van der Waals surface area contributed by atoms with Crippen LogP contribution in [0.25, 0.3) is 0 Å². The van der Waals surface area contributed by atoms with Crippen molar-refractivity contribution in [3.8, 4) is 0 Å². The summed E-state index contributed by atoms with van der Waals surface area (Å²) >= 11 is 9.88. The van der Waals surface area contributed by atoms with E-state index < -0.39 is 6.09 Å². The van der Waals surface area contributed by atoms with Crippen molar-refractivity contribution < 1.29 is 9.90 Å². The quantitative estimate of drug-likeness (QED) is 0.754. The van der Waals surface area contributed by atoms with E-state index in [1.165, 1.54) is 4.90 Å². The minimum Gasteiger partial charge on any atom is -0.465 e. The normalized spacial score (nSPS) is 24.7. The molecule has 0 saturated carbocycles. The summed E-state index contributed by atoms with van der Waals surface area (Å²) in [5, 5.41) is 13.4. The Hall–Kier alpha value is -0.940. The molecule has 6 heteroatoms. The Kier molecular flexibility index (Phi) is 3.14. The molecule has 0 radical (unpaired) electrons. The molecule has 1 aromatic carbocycles. The lowest BCUT2D eigenvalue weighted by Gasteiger charge is -2.33. The average Bonchev–Trinajstić information content (AvgIpc) is 2.75. The molecule has 1 aromatic rings. The van der Waals surface area contributed by atoms with E-state index in [4.69, 9.17) is 16.7 Å². The number of hydrogen-bond donors (Lipinski definition) is 2. The Balaban J connectivity index is 2.04. The lowest BCUT2D eigenvalue weighted by Crippen LogP contribution is -2.44. The van der Waals surface area contributed by atoms with Crippen LogP contribution in [0.2, 0.25) is 5.02 Å². The van der Waals surface area contributed by atoms with Crippen LogP contribution in [0.3, 0.4) is 0 Å². The number of halogens is 2. The Morgan fingerprint density at radius 1 is 1.63 bits per heavy atom. The minimum absolute atomic E-state index is 0.142. The second-order valence-electron chi connectivity index (χ2n) is 5.15. The fourth-order valence-electron chi connectivity index (χ4n) is 3.09. The highest BCUT2D eigenvalue weighted by molar-refractivity contribution is 9.10. The summed E-state index contributed by atoms with van der Waals surface area (Å²) in [5.41, 5.74) is 3.28. The second-order valence-corrected chi connectivity index (χ2v) is 6.38. The van der Waals surface area contributed by atoms with E-state index in [0.29, 0.717) is 18.1 Å². The van der Waals surface area contributed by atoms with Gasteiger partial charge in [-0.3, -0.25) is 0 Å². The molecule has 1 fully saturated rings. The van der Waals surface area contributed by atoms with Crippen LogP contribution in [0.5, 0.6) is 0 Å². The molecule has 2 heterocycles. The Bertz CT molecular complexity index is 564. The Morgan fingerprint density at radius 2 is 2.37 bits per heavy atom. The Labute approximate surface area is 124 Å². The van der Waals surface area contributed by atoms with Gasteiger partial charge in [-0.2, -0.15) is 0 Å². The zero-order chi connectivity index (χ0) is 13.7. The molecule has 2 N–H and O–H groups in total. The summed E-state index contributed by atoms with van der Waals surface area (Å²) in [7, 11) is 0. The molecule has 4 nitrogen and oxygen atoms in total. The fraction of sp³-hybridized carbons (Fsp3) is 0.462. The van der Waals surface area contributed by atoms with E-state index in [1.807, 2.05) is 13.0 Å². The van der Waals surface area contributed by atoms with Gasteiger partial charge in [-0.1, -0.05) is 11.6 Å². The molecular weight excluding hydrogens is 332 g/mol. The molecule has 3 rings (SSSR count). The van der Waals surface area contributed by atoms with Gasteiger partial charge in [0.1, 0.15) is 0 Å². The van der Waals surface area contributed by atoms with E-state index >= 15 is 0 Å². The Morgan fingerprint density at radius 3 is 3.05 bits per heavy atom. The third-order valence-corrected chi connectivity index (χ3v) is 5.30. The first-order chi connectivity index (χ1) is 8.99. The first-order valence-electron chi connectivity index (χ1n) is 6.22. The monoisotopic (exact) mass is 344 g/mol. The number of rotatable bonds is 0. The van der Waals surface area contributed by atoms with Gasteiger partial charge < -0.3 is 15.3 Å². The van der Waals surface area contributed by atoms with Crippen LogP contribution >= 0.6 is 27.5 Å². The number of hydrogen-bond acceptors (Lipinski definition) is 2. The number of likely N-dealkylation sites (tertiary alicyclic amines) is 1. The van der Waals surface area contributed by atoms with Crippen molar-refractivity contribution in [3.63, 3.8) is 0 Å². The number of nitrogens with one attached hydrogen (secondary N) is 1. The number of aryl methyl sites for hydroxylation is 1. The molecule has 0 spiro atoms. The predicted octanol–water partition coefficient (Wildman–Crippen LogP) is 3.67. The fourth-order valence-corrected chi connectivity index (χ4v) is 3.94. The number of carboxylic acid groups (broad SMARTS) is 1. The number of piperidine rings is 1. The number of anilines is 1. The van der Waals surface area contributed by atoms with E-state index in [9.17, 15) is 4.79 Å². The standard InChI is InChI=1S/C13H14BrClN2O2/c1-6-4-8(14)11(15)10-7-5-17(13(18)19)3-2-9(7)16-12(6)10/h4,7,9,16H,2-3,5H2,1H3,(H,18,19)/t7-,9+/m0/s1. The van der Waals surface area contributed by atoms with Crippen molar-refractivity contribution >= 4 is 39.3 Å². The van der Waals surface area contributed by atoms with Gasteiger partial charge in [0, 0.05) is 40.8 Å². The van der Waals surface area contributed by atoms with Gasteiger partial charge in [-0.15, -0.1) is 0 Å². The van der Waals surface area contributed by atoms with E-state index in [2.05, 4.69) is 21.2 Å².